The summed E-state index contributed by atoms with van der Waals surface area (Å²) in [5.41, 5.74) is 2.55. The Morgan fingerprint density at radius 1 is 1.22 bits per heavy atom. The molecule has 0 fully saturated rings. The van der Waals surface area contributed by atoms with Gasteiger partial charge in [-0.2, -0.15) is 0 Å². The van der Waals surface area contributed by atoms with Crippen molar-refractivity contribution in [3.8, 4) is 0 Å². The number of halogens is 1. The monoisotopic (exact) mass is 307 g/mol. The van der Waals surface area contributed by atoms with Gasteiger partial charge >= 0.3 is 0 Å². The fourth-order valence-electron chi connectivity index (χ4n) is 2.01. The lowest BCUT2D eigenvalue weighted by Gasteiger charge is -2.16. The zero-order chi connectivity index (χ0) is 13.0. The molecule has 1 unspecified atom stereocenters. The molecule has 0 saturated heterocycles. The first-order valence-electron chi connectivity index (χ1n) is 6.30. The topological polar surface area (TPSA) is 25.2 Å². The van der Waals surface area contributed by atoms with E-state index in [4.69, 9.17) is 4.42 Å². The lowest BCUT2D eigenvalue weighted by Crippen LogP contribution is -2.07. The highest BCUT2D eigenvalue weighted by Gasteiger charge is 2.11. The van der Waals surface area contributed by atoms with Crippen LogP contribution in [0, 0.1) is 0 Å². The van der Waals surface area contributed by atoms with Crippen molar-refractivity contribution in [3.63, 3.8) is 0 Å². The number of aryl methyl sites for hydroxylation is 1. The quantitative estimate of drug-likeness (QED) is 0.824. The van der Waals surface area contributed by atoms with Crippen molar-refractivity contribution in [1.29, 1.82) is 0 Å². The van der Waals surface area contributed by atoms with Crippen molar-refractivity contribution in [2.24, 2.45) is 0 Å². The molecule has 0 aliphatic heterocycles. The second-order valence-corrected chi connectivity index (χ2v) is 5.20. The van der Waals surface area contributed by atoms with Crippen molar-refractivity contribution < 1.29 is 4.42 Å². The van der Waals surface area contributed by atoms with Crippen LogP contribution in [0.4, 0.5) is 5.69 Å². The summed E-state index contributed by atoms with van der Waals surface area (Å²) in [6, 6.07) is 12.5. The van der Waals surface area contributed by atoms with E-state index in [2.05, 4.69) is 59.4 Å². The molecule has 2 nitrogen and oxygen atoms in total. The minimum absolute atomic E-state index is 0.161. The molecule has 2 aromatic rings. The van der Waals surface area contributed by atoms with E-state index in [-0.39, 0.29) is 6.04 Å². The molecule has 1 atom stereocenters. The van der Waals surface area contributed by atoms with Crippen LogP contribution in [0.1, 0.15) is 37.6 Å². The normalized spacial score (nSPS) is 12.4. The molecule has 0 bridgehead atoms. The van der Waals surface area contributed by atoms with Crippen molar-refractivity contribution >= 4 is 21.6 Å². The predicted molar refractivity (Wildman–Crippen MR) is 78.9 cm³/mol. The van der Waals surface area contributed by atoms with Gasteiger partial charge in [0.1, 0.15) is 5.76 Å². The van der Waals surface area contributed by atoms with Gasteiger partial charge in [0.15, 0.2) is 4.67 Å². The van der Waals surface area contributed by atoms with E-state index in [1.54, 1.807) is 0 Å². The second-order valence-electron chi connectivity index (χ2n) is 4.42. The van der Waals surface area contributed by atoms with Gasteiger partial charge in [-0.25, -0.2) is 0 Å². The zero-order valence-electron chi connectivity index (χ0n) is 10.7. The highest BCUT2D eigenvalue weighted by molar-refractivity contribution is 9.10. The molecule has 1 aromatic heterocycles. The fourth-order valence-corrected chi connectivity index (χ4v) is 2.33. The number of para-hydroxylation sites is 1. The summed E-state index contributed by atoms with van der Waals surface area (Å²) in [5, 5.41) is 3.51. The molecule has 1 aromatic carbocycles. The van der Waals surface area contributed by atoms with Gasteiger partial charge < -0.3 is 9.73 Å². The lowest BCUT2D eigenvalue weighted by atomic mass is 10.1. The summed E-state index contributed by atoms with van der Waals surface area (Å²) in [4.78, 5) is 0. The third-order valence-corrected chi connectivity index (χ3v) is 3.36. The van der Waals surface area contributed by atoms with Gasteiger partial charge in [0.05, 0.1) is 6.04 Å². The van der Waals surface area contributed by atoms with Gasteiger partial charge in [0.25, 0.3) is 0 Å². The molecule has 2 rings (SSSR count). The van der Waals surface area contributed by atoms with Gasteiger partial charge in [-0.3, -0.25) is 0 Å². The third kappa shape index (κ3) is 3.16. The molecule has 96 valence electrons. The third-order valence-electron chi connectivity index (χ3n) is 2.93. The van der Waals surface area contributed by atoms with Crippen LogP contribution in [0.2, 0.25) is 0 Å². The first kappa shape index (κ1) is 13.2. The van der Waals surface area contributed by atoms with Crippen molar-refractivity contribution in [2.75, 3.05) is 5.32 Å². The van der Waals surface area contributed by atoms with Gasteiger partial charge in [0.2, 0.25) is 0 Å². The van der Waals surface area contributed by atoms with Gasteiger partial charge in [-0.1, -0.05) is 31.5 Å². The van der Waals surface area contributed by atoms with Crippen LogP contribution in [0.5, 0.6) is 0 Å². The molecule has 0 saturated carbocycles. The number of hydrogen-bond acceptors (Lipinski definition) is 2. The lowest BCUT2D eigenvalue weighted by molar-refractivity contribution is 0.471. The molecule has 1 N–H and O–H groups in total. The van der Waals surface area contributed by atoms with Crippen LogP contribution in [-0.4, -0.2) is 0 Å². The van der Waals surface area contributed by atoms with E-state index < -0.39 is 0 Å². The maximum atomic E-state index is 5.57. The minimum atomic E-state index is 0.161. The summed E-state index contributed by atoms with van der Waals surface area (Å²) in [7, 11) is 0. The largest absolute Gasteiger partial charge is 0.452 e. The van der Waals surface area contributed by atoms with Crippen LogP contribution in [0.15, 0.2) is 45.5 Å². The molecule has 0 aliphatic rings. The van der Waals surface area contributed by atoms with Gasteiger partial charge in [0, 0.05) is 5.69 Å². The Balaban J connectivity index is 2.13. The van der Waals surface area contributed by atoms with E-state index in [1.165, 1.54) is 11.3 Å². The Morgan fingerprint density at radius 3 is 2.67 bits per heavy atom. The van der Waals surface area contributed by atoms with Crippen LogP contribution in [0.25, 0.3) is 0 Å². The summed E-state index contributed by atoms with van der Waals surface area (Å²) in [6.45, 7) is 4.30. The van der Waals surface area contributed by atoms with Crippen LogP contribution >= 0.6 is 15.9 Å². The number of rotatable bonds is 5. The van der Waals surface area contributed by atoms with E-state index in [1.807, 2.05) is 12.1 Å². The molecular formula is C15H18BrNO. The first-order chi connectivity index (χ1) is 8.70. The number of benzene rings is 1. The van der Waals surface area contributed by atoms with Crippen molar-refractivity contribution in [1.82, 2.24) is 0 Å². The Kier molecular flexibility index (Phi) is 4.48. The molecule has 3 heteroatoms. The average molecular weight is 308 g/mol. The minimum Gasteiger partial charge on any atom is -0.452 e. The maximum absolute atomic E-state index is 5.57. The number of furan rings is 1. The Bertz CT molecular complexity index is 507. The maximum Gasteiger partial charge on any atom is 0.169 e. The Morgan fingerprint density at radius 2 is 2.00 bits per heavy atom. The summed E-state index contributed by atoms with van der Waals surface area (Å²) < 4.78 is 6.34. The van der Waals surface area contributed by atoms with Crippen LogP contribution < -0.4 is 5.32 Å². The molecule has 0 amide bonds. The Labute approximate surface area is 117 Å². The SMILES string of the molecule is CCCc1ccccc1NC(C)c1ccc(Br)o1. The molecule has 0 radical (unpaired) electrons. The van der Waals surface area contributed by atoms with E-state index in [9.17, 15) is 0 Å². The zero-order valence-corrected chi connectivity index (χ0v) is 12.3. The first-order valence-corrected chi connectivity index (χ1v) is 7.09. The molecule has 0 aliphatic carbocycles. The van der Waals surface area contributed by atoms with Crippen LogP contribution in [0.3, 0.4) is 0 Å². The molecule has 0 spiro atoms. The van der Waals surface area contributed by atoms with E-state index >= 15 is 0 Å². The van der Waals surface area contributed by atoms with E-state index in [0.29, 0.717) is 0 Å². The summed E-state index contributed by atoms with van der Waals surface area (Å²) in [6.07, 6.45) is 2.25. The van der Waals surface area contributed by atoms with E-state index in [0.717, 1.165) is 23.3 Å². The van der Waals surface area contributed by atoms with Crippen LogP contribution in [-0.2, 0) is 6.42 Å². The highest BCUT2D eigenvalue weighted by atomic mass is 79.9. The molecular weight excluding hydrogens is 290 g/mol. The predicted octanol–water partition coefficient (Wildman–Crippen LogP) is 5.17. The molecule has 1 heterocycles. The number of nitrogens with one attached hydrogen (secondary N) is 1. The Hall–Kier alpha value is -1.22. The smallest absolute Gasteiger partial charge is 0.169 e. The number of hydrogen-bond donors (Lipinski definition) is 1. The van der Waals surface area contributed by atoms with Gasteiger partial charge in [-0.15, -0.1) is 0 Å². The van der Waals surface area contributed by atoms with Crippen molar-refractivity contribution in [2.45, 2.75) is 32.7 Å². The number of anilines is 1. The second kappa shape index (κ2) is 6.10. The van der Waals surface area contributed by atoms with Gasteiger partial charge in [-0.05, 0) is 53.0 Å². The van der Waals surface area contributed by atoms with Crippen molar-refractivity contribution in [3.05, 3.63) is 52.4 Å². The summed E-state index contributed by atoms with van der Waals surface area (Å²) >= 11 is 3.33. The average Bonchev–Trinajstić information content (AvgIpc) is 2.79. The standard InChI is InChI=1S/C15H18BrNO/c1-3-6-12-7-4-5-8-13(12)17-11(2)14-9-10-15(16)18-14/h4-5,7-11,17H,3,6H2,1-2H3. The highest BCUT2D eigenvalue weighted by Crippen LogP contribution is 2.25. The summed E-state index contributed by atoms with van der Waals surface area (Å²) in [5.74, 6) is 0.938. The molecule has 18 heavy (non-hydrogen) atoms. The fraction of sp³-hybridized carbons (Fsp3) is 0.333.